The maximum atomic E-state index is 7.59. The molecule has 200 valence electrons. The zero-order valence-electron chi connectivity index (χ0n) is 25.6. The summed E-state index contributed by atoms with van der Waals surface area (Å²) in [6.07, 6.45) is 0. The number of rotatable bonds is 12. The summed E-state index contributed by atoms with van der Waals surface area (Å²) in [5.74, 6) is 0. The molecule has 0 saturated heterocycles. The summed E-state index contributed by atoms with van der Waals surface area (Å²) in [5, 5.41) is 0. The monoisotopic (exact) mass is 582 g/mol. The van der Waals surface area contributed by atoms with E-state index in [-0.39, 0.29) is 0 Å². The van der Waals surface area contributed by atoms with Gasteiger partial charge in [-0.25, -0.2) is 0 Å². The number of hydrogen-bond donors (Lipinski definition) is 0. The van der Waals surface area contributed by atoms with Gasteiger partial charge >= 0.3 is 218 Å². The van der Waals surface area contributed by atoms with E-state index in [1.807, 2.05) is 0 Å². The van der Waals surface area contributed by atoms with Crippen molar-refractivity contribution in [2.45, 2.75) is 169 Å². The molecule has 0 aromatic carbocycles. The molecule has 0 spiro atoms. The summed E-state index contributed by atoms with van der Waals surface area (Å²) in [7, 11) is -4.65. The molecular weight excluding hydrogens is 524 g/mol. The van der Waals surface area contributed by atoms with Crippen LogP contribution in [-0.4, -0.2) is 27.8 Å². The summed E-state index contributed by atoms with van der Waals surface area (Å²) in [6, 6.07) is 0. The maximum absolute atomic E-state index is 7.59. The first kappa shape index (κ1) is 34.2. The molecule has 0 amide bonds. The third-order valence-electron chi connectivity index (χ3n) is 6.88. The zero-order valence-corrected chi connectivity index (χ0v) is 30.1. The van der Waals surface area contributed by atoms with E-state index in [4.69, 9.17) is 10.6 Å². The topological polar surface area (TPSA) is 36.9 Å². The van der Waals surface area contributed by atoms with Crippen molar-refractivity contribution in [3.63, 3.8) is 0 Å². The van der Waals surface area contributed by atoms with E-state index in [0.29, 0.717) is 33.2 Å². The second-order valence-corrected chi connectivity index (χ2v) is 31.0. The van der Waals surface area contributed by atoms with Crippen LogP contribution in [0, 0.1) is 0 Å². The molecule has 0 bridgehead atoms. The van der Waals surface area contributed by atoms with Crippen LogP contribution < -0.4 is 0 Å². The van der Waals surface area contributed by atoms with Gasteiger partial charge in [0.1, 0.15) is 0 Å². The molecule has 0 heterocycles. The van der Waals surface area contributed by atoms with Crippen LogP contribution in [0.2, 0.25) is 33.2 Å². The molecule has 0 atom stereocenters. The van der Waals surface area contributed by atoms with Crippen LogP contribution in [-0.2, 0) is 32.7 Å². The Bertz CT molecular complexity index is 495. The van der Waals surface area contributed by atoms with E-state index < -0.39 is 49.9 Å². The first-order valence-electron chi connectivity index (χ1n) is 13.3. The Morgan fingerprint density at radius 2 is 0.606 bits per heavy atom. The van der Waals surface area contributed by atoms with Crippen LogP contribution in [0.1, 0.15) is 125 Å². The van der Waals surface area contributed by atoms with E-state index in [0.717, 1.165) is 0 Å². The quantitative estimate of drug-likeness (QED) is 0.214. The van der Waals surface area contributed by atoms with Gasteiger partial charge in [-0.2, -0.15) is 0 Å². The fourth-order valence-corrected chi connectivity index (χ4v) is 39.4. The van der Waals surface area contributed by atoms with Gasteiger partial charge in [0.2, 0.25) is 0 Å². The van der Waals surface area contributed by atoms with Crippen LogP contribution in [0.15, 0.2) is 0 Å². The van der Waals surface area contributed by atoms with Crippen molar-refractivity contribution in [2.24, 2.45) is 0 Å². The predicted molar refractivity (Wildman–Crippen MR) is 146 cm³/mol. The molecule has 7 heteroatoms. The van der Waals surface area contributed by atoms with Crippen LogP contribution >= 0.6 is 0 Å². The second-order valence-electron chi connectivity index (χ2n) is 13.8. The predicted octanol–water partition coefficient (Wildman–Crippen LogP) is 9.81. The van der Waals surface area contributed by atoms with E-state index >= 15 is 0 Å². The van der Waals surface area contributed by atoms with E-state index in [1.165, 1.54) is 0 Å². The molecule has 0 unspecified atom stereocenters. The Morgan fingerprint density at radius 3 is 0.727 bits per heavy atom. The van der Waals surface area contributed by atoms with Crippen molar-refractivity contribution >= 4 is 16.6 Å². The van der Waals surface area contributed by atoms with Crippen molar-refractivity contribution in [3.05, 3.63) is 0 Å². The van der Waals surface area contributed by atoms with Crippen LogP contribution in [0.3, 0.4) is 0 Å². The molecule has 0 rings (SSSR count). The van der Waals surface area contributed by atoms with Crippen LogP contribution in [0.4, 0.5) is 0 Å². The van der Waals surface area contributed by atoms with Crippen molar-refractivity contribution in [2.75, 3.05) is 0 Å². The average molecular weight is 584 g/mol. The minimum atomic E-state index is -4.64. The molecule has 4 nitrogen and oxygen atoms in total. The third kappa shape index (κ3) is 8.61. The molecule has 0 radical (unpaired) electrons. The van der Waals surface area contributed by atoms with E-state index in [1.54, 1.807) is 0 Å². The Labute approximate surface area is 217 Å². The standard InChI is InChI=1S/2C9H21OSi.2C4H9O.Zr/c2*1-7(2)11(10,8(3)4)9(5)6;2*1-4(2,3)5;/h2*7-9H,1-6H3;2*1-3H3;/q4*-1;+4. The van der Waals surface area contributed by atoms with Gasteiger partial charge in [-0.05, 0) is 0 Å². The SMILES string of the molecule is CC(C)[Si]([O][Zr]([O]C(C)(C)C)([O]C(C)(C)C)[O][Si](C(C)C)(C(C)C)C(C)C)(C(C)C)C(C)C. The molecule has 0 aromatic heterocycles. The Balaban J connectivity index is 7.31. The van der Waals surface area contributed by atoms with E-state index in [2.05, 4.69) is 125 Å². The molecule has 0 N–H and O–H groups in total. The van der Waals surface area contributed by atoms with Crippen molar-refractivity contribution in [1.29, 1.82) is 0 Å². The summed E-state index contributed by atoms with van der Waals surface area (Å²) in [5.41, 5.74) is 1.73. The minimum absolute atomic E-state index is 0.419. The van der Waals surface area contributed by atoms with Crippen LogP contribution in [0.5, 0.6) is 0 Å². The normalized spacial score (nSPS) is 15.3. The summed E-state index contributed by atoms with van der Waals surface area (Å²) < 4.78 is 29.2. The molecule has 0 aliphatic carbocycles. The number of hydrogen-bond acceptors (Lipinski definition) is 4. The summed E-state index contributed by atoms with van der Waals surface area (Å²) in [4.78, 5) is 0. The second kappa shape index (κ2) is 12.1. The van der Waals surface area contributed by atoms with Gasteiger partial charge in [-0.3, -0.25) is 0 Å². The van der Waals surface area contributed by atoms with Crippen molar-refractivity contribution < 1.29 is 32.7 Å². The van der Waals surface area contributed by atoms with Gasteiger partial charge in [0.15, 0.2) is 0 Å². The molecule has 0 aliphatic rings. The first-order chi connectivity index (χ1) is 14.5. The Kier molecular flexibility index (Phi) is 12.6. The van der Waals surface area contributed by atoms with Gasteiger partial charge < -0.3 is 0 Å². The molecule has 0 saturated carbocycles. The van der Waals surface area contributed by atoms with Crippen LogP contribution in [0.25, 0.3) is 0 Å². The molecule has 0 aromatic rings. The Hall–Kier alpha value is 1.16. The summed E-state index contributed by atoms with van der Waals surface area (Å²) >= 11 is -4.64. The average Bonchev–Trinajstić information content (AvgIpc) is 2.52. The Morgan fingerprint density at radius 1 is 0.424 bits per heavy atom. The van der Waals surface area contributed by atoms with Crippen molar-refractivity contribution in [3.8, 4) is 0 Å². The van der Waals surface area contributed by atoms with Gasteiger partial charge in [0.05, 0.1) is 0 Å². The van der Waals surface area contributed by atoms with Gasteiger partial charge in [-0.1, -0.05) is 0 Å². The van der Waals surface area contributed by atoms with Gasteiger partial charge in [0, 0.05) is 0 Å². The van der Waals surface area contributed by atoms with E-state index in [9.17, 15) is 0 Å². The molecular formula is C26H60O4Si2Zr. The molecule has 33 heavy (non-hydrogen) atoms. The molecule has 0 fully saturated rings. The molecule has 0 aliphatic heterocycles. The first-order valence-corrected chi connectivity index (χ1v) is 21.6. The fourth-order valence-electron chi connectivity index (χ4n) is 6.02. The third-order valence-corrected chi connectivity index (χ3v) is 32.1. The van der Waals surface area contributed by atoms with Gasteiger partial charge in [-0.15, -0.1) is 0 Å². The zero-order chi connectivity index (χ0) is 26.8. The van der Waals surface area contributed by atoms with Crippen molar-refractivity contribution in [1.82, 2.24) is 0 Å². The fraction of sp³-hybridized carbons (Fsp3) is 1.00. The summed E-state index contributed by atoms with van der Waals surface area (Å²) in [6.45, 7) is 40.6. The van der Waals surface area contributed by atoms with Gasteiger partial charge in [0.25, 0.3) is 0 Å².